The number of aryl methyl sites for hydroxylation is 2. The molecular formula is C37H49F4N9O3S2. The molecule has 300 valence electrons. The molecule has 2 aliphatic carbocycles. The van der Waals surface area contributed by atoms with Gasteiger partial charge in [-0.15, -0.1) is 22.7 Å². The highest BCUT2D eigenvalue weighted by atomic mass is 32.1. The number of amides is 2. The molecule has 2 atom stereocenters. The van der Waals surface area contributed by atoms with E-state index < -0.39 is 23.8 Å². The van der Waals surface area contributed by atoms with Crippen LogP contribution in [0, 0.1) is 59.9 Å². The van der Waals surface area contributed by atoms with Gasteiger partial charge in [-0.25, -0.2) is 14.9 Å². The monoisotopic (exact) mass is 807 g/mol. The van der Waals surface area contributed by atoms with E-state index in [1.54, 1.807) is 13.8 Å². The lowest BCUT2D eigenvalue weighted by Gasteiger charge is -2.44. The van der Waals surface area contributed by atoms with Crippen molar-refractivity contribution in [2.75, 3.05) is 23.4 Å². The first-order valence-corrected chi connectivity index (χ1v) is 19.4. The minimum atomic E-state index is -1.04. The summed E-state index contributed by atoms with van der Waals surface area (Å²) in [6.45, 7) is 13.9. The third-order valence-electron chi connectivity index (χ3n) is 9.80. The van der Waals surface area contributed by atoms with Gasteiger partial charge < -0.3 is 20.7 Å². The predicted octanol–water partition coefficient (Wildman–Crippen LogP) is 8.98. The number of hydrogen-bond donors (Lipinski definition) is 3. The quantitative estimate of drug-likeness (QED) is 0.0679. The first-order chi connectivity index (χ1) is 25.9. The molecule has 0 bridgehead atoms. The average Bonchev–Trinajstić information content (AvgIpc) is 3.88. The molecule has 1 aliphatic heterocycles. The number of thiazole rings is 2. The molecule has 55 heavy (non-hydrogen) atoms. The Kier molecular flexibility index (Phi) is 13.1. The molecule has 4 aromatic heterocycles. The van der Waals surface area contributed by atoms with E-state index in [0.717, 1.165) is 84.3 Å². The molecule has 0 radical (unpaired) electrons. The lowest BCUT2D eigenvalue weighted by Crippen LogP contribution is -2.52. The number of ether oxygens (including phenoxy) is 1. The van der Waals surface area contributed by atoms with Gasteiger partial charge in [0.15, 0.2) is 11.3 Å². The molecule has 3 aliphatic rings. The van der Waals surface area contributed by atoms with Gasteiger partial charge in [0.25, 0.3) is 11.8 Å². The number of nitrogens with zero attached hydrogens (tertiary/aromatic N) is 6. The van der Waals surface area contributed by atoms with Crippen molar-refractivity contribution in [2.24, 2.45) is 10.8 Å². The third-order valence-corrected chi connectivity index (χ3v) is 11.6. The van der Waals surface area contributed by atoms with Crippen LogP contribution in [0.1, 0.15) is 101 Å². The van der Waals surface area contributed by atoms with Crippen LogP contribution < -0.4 is 20.9 Å². The molecule has 3 fully saturated rings. The van der Waals surface area contributed by atoms with E-state index in [9.17, 15) is 32.4 Å². The van der Waals surface area contributed by atoms with Crippen molar-refractivity contribution in [2.45, 2.75) is 92.2 Å². The van der Waals surface area contributed by atoms with E-state index in [2.05, 4.69) is 63.6 Å². The molecule has 18 heteroatoms. The van der Waals surface area contributed by atoms with Gasteiger partial charge in [0.2, 0.25) is 28.9 Å². The van der Waals surface area contributed by atoms with Crippen molar-refractivity contribution in [1.29, 1.82) is 5.26 Å². The number of carbonyl (C=O) groups is 2. The van der Waals surface area contributed by atoms with Gasteiger partial charge >= 0.3 is 0 Å². The van der Waals surface area contributed by atoms with Crippen LogP contribution >= 0.6 is 22.7 Å². The van der Waals surface area contributed by atoms with Gasteiger partial charge in [0.05, 0.1) is 5.69 Å². The Hall–Kier alpha value is -4.73. The smallest absolute Gasteiger partial charge is 0.271 e. The topological polar surface area (TPSA) is 158 Å². The van der Waals surface area contributed by atoms with E-state index in [1.807, 2.05) is 6.19 Å². The average molecular weight is 808 g/mol. The number of nitrogens with one attached hydrogen (secondary N) is 3. The zero-order valence-electron chi connectivity index (χ0n) is 31.4. The van der Waals surface area contributed by atoms with E-state index in [-0.39, 0.29) is 61.2 Å². The maximum Gasteiger partial charge on any atom is 0.271 e. The number of aromatic nitrogens is 4. The third kappa shape index (κ3) is 10.5. The second-order valence-corrected chi connectivity index (χ2v) is 17.2. The number of anilines is 4. The van der Waals surface area contributed by atoms with Crippen LogP contribution in [0.15, 0.2) is 24.3 Å². The molecule has 2 saturated carbocycles. The van der Waals surface area contributed by atoms with Crippen LogP contribution in [0.5, 0.6) is 0 Å². The van der Waals surface area contributed by atoms with Gasteiger partial charge in [0, 0.05) is 69.3 Å². The summed E-state index contributed by atoms with van der Waals surface area (Å²) in [6, 6.07) is 4.22. The number of hydrogen-bond acceptors (Lipinski definition) is 12. The van der Waals surface area contributed by atoms with E-state index in [4.69, 9.17) is 4.74 Å². The molecule has 2 amide bonds. The van der Waals surface area contributed by atoms with Crippen molar-refractivity contribution in [3.8, 4) is 6.19 Å². The Labute approximate surface area is 329 Å². The van der Waals surface area contributed by atoms with E-state index in [0.29, 0.717) is 15.7 Å². The van der Waals surface area contributed by atoms with Crippen molar-refractivity contribution < 1.29 is 36.2 Å². The number of halogens is 4. The van der Waals surface area contributed by atoms with Gasteiger partial charge in [0.1, 0.15) is 11.4 Å². The molecule has 2 unspecified atom stereocenters. The zero-order valence-corrected chi connectivity index (χ0v) is 33.0. The molecule has 0 spiro atoms. The Morgan fingerprint density at radius 3 is 1.69 bits per heavy atom. The second kappa shape index (κ2) is 17.4. The van der Waals surface area contributed by atoms with Crippen molar-refractivity contribution in [3.05, 3.63) is 69.2 Å². The summed E-state index contributed by atoms with van der Waals surface area (Å²) >= 11 is 2.35. The van der Waals surface area contributed by atoms with Gasteiger partial charge in [-0.2, -0.15) is 32.8 Å². The van der Waals surface area contributed by atoms with Crippen LogP contribution in [0.3, 0.4) is 0 Å². The summed E-state index contributed by atoms with van der Waals surface area (Å²) in [5.74, 6) is -4.46. The normalized spacial score (nSPS) is 18.9. The van der Waals surface area contributed by atoms with E-state index >= 15 is 0 Å². The fourth-order valence-corrected chi connectivity index (χ4v) is 7.75. The minimum absolute atomic E-state index is 0. The number of rotatable bonds is 8. The Bertz CT molecular complexity index is 2030. The lowest BCUT2D eigenvalue weighted by atomic mass is 9.67. The maximum absolute atomic E-state index is 13.3. The van der Waals surface area contributed by atoms with Crippen molar-refractivity contribution in [3.63, 3.8) is 0 Å². The van der Waals surface area contributed by atoms with Crippen LogP contribution in [0.4, 0.5) is 39.2 Å². The molecule has 1 saturated heterocycles. The van der Waals surface area contributed by atoms with Crippen molar-refractivity contribution in [1.82, 2.24) is 30.6 Å². The summed E-state index contributed by atoms with van der Waals surface area (Å²) in [4.78, 5) is 41.8. The Morgan fingerprint density at radius 1 is 0.800 bits per heavy atom. The first-order valence-electron chi connectivity index (χ1n) is 17.7. The van der Waals surface area contributed by atoms with Gasteiger partial charge in [-0.3, -0.25) is 9.59 Å². The first kappa shape index (κ1) is 41.4. The molecule has 3 N–H and O–H groups in total. The lowest BCUT2D eigenvalue weighted by molar-refractivity contribution is 0.0724. The van der Waals surface area contributed by atoms with Gasteiger partial charge in [-0.05, 0) is 63.2 Å². The highest BCUT2D eigenvalue weighted by Crippen LogP contribution is 2.41. The SMILES string of the molecule is C1CCOC1.Cc1sc(N(C#N)c2cc(F)nc(F)c2)nc1C(=O)NC1CCC1(C)C.Cc1sc(Nc2cc(F)nc(F)c2)nc1C(=O)NC1CCC1(C)C.[HH].[HH].[HH]. The van der Waals surface area contributed by atoms with Crippen LogP contribution in [-0.4, -0.2) is 57.0 Å². The zero-order chi connectivity index (χ0) is 40.1. The largest absolute Gasteiger partial charge is 0.381 e. The van der Waals surface area contributed by atoms with Crippen LogP contribution in [-0.2, 0) is 4.74 Å². The molecule has 5 heterocycles. The Balaban J connectivity index is 0.000000341. The minimum Gasteiger partial charge on any atom is -0.381 e. The van der Waals surface area contributed by atoms with Crippen LogP contribution in [0.25, 0.3) is 0 Å². The molecule has 0 aromatic carbocycles. The highest BCUT2D eigenvalue weighted by Gasteiger charge is 2.41. The predicted molar refractivity (Wildman–Crippen MR) is 208 cm³/mol. The van der Waals surface area contributed by atoms with E-state index in [1.165, 1.54) is 24.2 Å². The number of pyridine rings is 2. The summed E-state index contributed by atoms with van der Waals surface area (Å²) in [5, 5.41) is 18.7. The Morgan fingerprint density at radius 2 is 1.27 bits per heavy atom. The fraction of sp³-hybridized carbons (Fsp3) is 0.486. The summed E-state index contributed by atoms with van der Waals surface area (Å²) < 4.78 is 57.9. The van der Waals surface area contributed by atoms with Gasteiger partial charge in [-0.1, -0.05) is 27.7 Å². The summed E-state index contributed by atoms with van der Waals surface area (Å²) in [6.07, 6.45) is 8.39. The maximum atomic E-state index is 13.3. The van der Waals surface area contributed by atoms with Crippen LogP contribution in [0.2, 0.25) is 0 Å². The summed E-state index contributed by atoms with van der Waals surface area (Å²) in [5.41, 5.74) is 0.849. The molecular weight excluding hydrogens is 759 g/mol. The molecule has 12 nitrogen and oxygen atoms in total. The fourth-order valence-electron chi connectivity index (χ4n) is 6.03. The highest BCUT2D eigenvalue weighted by molar-refractivity contribution is 7.16. The number of carbonyl (C=O) groups excluding carboxylic acids is 2. The number of nitriles is 1. The summed E-state index contributed by atoms with van der Waals surface area (Å²) in [7, 11) is 0. The standard InChI is InChI=1S/C17H17F2N5OS.C16H18F2N4OS.C4H8O.3H2/c1-9-14(15(25)21-11-4-5-17(11,2)3)23-16(26-9)24(8-20)10-6-12(18)22-13(19)7-10;1-8-13(14(23)20-10-4-5-16(10,2)3)22-15(24-8)19-9-6-11(17)21-12(18)7-9;1-2-4-5-3-1;;;/h6-7,11H,4-5H2,1-3H3,(H,21,25);6-7,10H,4-5H2,1-3H3,(H,20,23)(H,19,21,22);1-4H2;3*1H. The molecule has 7 rings (SSSR count). The van der Waals surface area contributed by atoms with Crippen molar-refractivity contribution >= 4 is 56.1 Å². The second-order valence-electron chi connectivity index (χ2n) is 14.8. The molecule has 4 aromatic rings.